The number of rotatable bonds is 1. The van der Waals surface area contributed by atoms with Crippen molar-refractivity contribution in [1.82, 2.24) is 20.2 Å². The van der Waals surface area contributed by atoms with Gasteiger partial charge in [-0.1, -0.05) is 0 Å². The lowest BCUT2D eigenvalue weighted by atomic mass is 9.97. The fourth-order valence-corrected chi connectivity index (χ4v) is 2.85. The summed E-state index contributed by atoms with van der Waals surface area (Å²) >= 11 is 0. The summed E-state index contributed by atoms with van der Waals surface area (Å²) in [5, 5.41) is 7.20. The normalized spacial score (nSPS) is 30.5. The van der Waals surface area contributed by atoms with Crippen LogP contribution in [0.1, 0.15) is 30.3 Å². The van der Waals surface area contributed by atoms with Crippen LogP contribution in [0.25, 0.3) is 0 Å². The molecular weight excluding hydrogens is 188 g/mol. The number of nitrogens with one attached hydrogen (secondary N) is 2. The average molecular weight is 206 g/mol. The minimum absolute atomic E-state index is 0.462. The summed E-state index contributed by atoms with van der Waals surface area (Å²) < 4.78 is 2.17. The Morgan fingerprint density at radius 3 is 3.13 bits per heavy atom. The molecule has 2 N–H and O–H groups in total. The van der Waals surface area contributed by atoms with Gasteiger partial charge in [-0.25, -0.2) is 4.98 Å². The van der Waals surface area contributed by atoms with Gasteiger partial charge in [0.1, 0.15) is 0 Å². The van der Waals surface area contributed by atoms with Crippen LogP contribution in [-0.4, -0.2) is 28.7 Å². The largest absolute Gasteiger partial charge is 0.336 e. The number of aryl methyl sites for hydroxylation is 1. The number of aromatic nitrogens is 2. The summed E-state index contributed by atoms with van der Waals surface area (Å²) in [6, 6.07) is 1.06. The van der Waals surface area contributed by atoms with Crippen molar-refractivity contribution in [2.45, 2.75) is 31.3 Å². The molecule has 0 bridgehead atoms. The van der Waals surface area contributed by atoms with E-state index in [1.165, 1.54) is 24.2 Å². The van der Waals surface area contributed by atoms with Gasteiger partial charge in [0, 0.05) is 26.1 Å². The van der Waals surface area contributed by atoms with Gasteiger partial charge in [-0.15, -0.1) is 0 Å². The van der Waals surface area contributed by atoms with Crippen LogP contribution in [0.2, 0.25) is 0 Å². The molecule has 1 saturated heterocycles. The van der Waals surface area contributed by atoms with Crippen molar-refractivity contribution in [3.63, 3.8) is 0 Å². The first-order chi connectivity index (χ1) is 7.36. The molecule has 4 nitrogen and oxygen atoms in total. The maximum absolute atomic E-state index is 4.47. The van der Waals surface area contributed by atoms with Gasteiger partial charge >= 0.3 is 0 Å². The lowest BCUT2D eigenvalue weighted by molar-refractivity contribution is 0.380. The lowest BCUT2D eigenvalue weighted by Gasteiger charge is -2.29. The SMILES string of the molecule is Cn1cnc2c1C(C1CCCN1)NCC2. The Kier molecular flexibility index (Phi) is 2.25. The van der Waals surface area contributed by atoms with Gasteiger partial charge in [-0.3, -0.25) is 0 Å². The topological polar surface area (TPSA) is 41.9 Å². The Balaban J connectivity index is 1.93. The summed E-state index contributed by atoms with van der Waals surface area (Å²) in [4.78, 5) is 4.47. The molecule has 15 heavy (non-hydrogen) atoms. The van der Waals surface area contributed by atoms with E-state index in [1.54, 1.807) is 0 Å². The molecule has 0 aliphatic carbocycles. The Labute approximate surface area is 90.1 Å². The molecule has 2 aliphatic heterocycles. The average Bonchev–Trinajstić information content (AvgIpc) is 2.88. The number of imidazole rings is 1. The third kappa shape index (κ3) is 1.48. The smallest absolute Gasteiger partial charge is 0.0949 e. The van der Waals surface area contributed by atoms with E-state index in [1.807, 2.05) is 6.33 Å². The summed E-state index contributed by atoms with van der Waals surface area (Å²) in [5.41, 5.74) is 2.68. The Morgan fingerprint density at radius 1 is 1.40 bits per heavy atom. The number of hydrogen-bond donors (Lipinski definition) is 2. The third-order valence-corrected chi connectivity index (χ3v) is 3.58. The zero-order valence-corrected chi connectivity index (χ0v) is 9.16. The molecular formula is C11H18N4. The van der Waals surface area contributed by atoms with Crippen LogP contribution >= 0.6 is 0 Å². The molecule has 0 aromatic carbocycles. The van der Waals surface area contributed by atoms with Gasteiger partial charge in [0.15, 0.2) is 0 Å². The van der Waals surface area contributed by atoms with E-state index in [0.29, 0.717) is 12.1 Å². The van der Waals surface area contributed by atoms with Crippen molar-refractivity contribution < 1.29 is 0 Å². The molecule has 1 aromatic heterocycles. The second-order valence-corrected chi connectivity index (χ2v) is 4.57. The zero-order valence-electron chi connectivity index (χ0n) is 9.16. The Bertz CT molecular complexity index is 351. The third-order valence-electron chi connectivity index (χ3n) is 3.58. The second kappa shape index (κ2) is 3.61. The van der Waals surface area contributed by atoms with E-state index in [-0.39, 0.29) is 0 Å². The van der Waals surface area contributed by atoms with Gasteiger partial charge in [0.05, 0.1) is 23.8 Å². The highest BCUT2D eigenvalue weighted by molar-refractivity contribution is 5.23. The van der Waals surface area contributed by atoms with Gasteiger partial charge in [-0.2, -0.15) is 0 Å². The van der Waals surface area contributed by atoms with Crippen LogP contribution in [0.15, 0.2) is 6.33 Å². The summed E-state index contributed by atoms with van der Waals surface area (Å²) in [7, 11) is 2.10. The van der Waals surface area contributed by atoms with Crippen LogP contribution in [0, 0.1) is 0 Å². The Morgan fingerprint density at radius 2 is 2.33 bits per heavy atom. The quantitative estimate of drug-likeness (QED) is 0.697. The van der Waals surface area contributed by atoms with Crippen molar-refractivity contribution in [3.8, 4) is 0 Å². The molecule has 0 radical (unpaired) electrons. The van der Waals surface area contributed by atoms with Crippen molar-refractivity contribution in [2.24, 2.45) is 7.05 Å². The predicted molar refractivity (Wildman–Crippen MR) is 58.7 cm³/mol. The molecule has 4 heteroatoms. The highest BCUT2D eigenvalue weighted by atomic mass is 15.1. The second-order valence-electron chi connectivity index (χ2n) is 4.57. The summed E-state index contributed by atoms with van der Waals surface area (Å²) in [5.74, 6) is 0. The first-order valence-corrected chi connectivity index (χ1v) is 5.83. The van der Waals surface area contributed by atoms with E-state index in [2.05, 4.69) is 27.2 Å². The molecule has 2 unspecified atom stereocenters. The summed E-state index contributed by atoms with van der Waals surface area (Å²) in [6.07, 6.45) is 5.59. The number of fused-ring (bicyclic) bond motifs is 1. The first-order valence-electron chi connectivity index (χ1n) is 5.83. The van der Waals surface area contributed by atoms with Gasteiger partial charge in [-0.05, 0) is 19.4 Å². The Hall–Kier alpha value is -0.870. The number of hydrogen-bond acceptors (Lipinski definition) is 3. The molecule has 3 rings (SSSR count). The van der Waals surface area contributed by atoms with Crippen LogP contribution < -0.4 is 10.6 Å². The molecule has 0 saturated carbocycles. The van der Waals surface area contributed by atoms with E-state index in [0.717, 1.165) is 19.5 Å². The van der Waals surface area contributed by atoms with E-state index < -0.39 is 0 Å². The maximum atomic E-state index is 4.47. The van der Waals surface area contributed by atoms with Crippen LogP contribution in [0.3, 0.4) is 0 Å². The zero-order chi connectivity index (χ0) is 10.3. The monoisotopic (exact) mass is 206 g/mol. The highest BCUT2D eigenvalue weighted by Gasteiger charge is 2.31. The van der Waals surface area contributed by atoms with Crippen LogP contribution in [-0.2, 0) is 13.5 Å². The van der Waals surface area contributed by atoms with Crippen molar-refractivity contribution in [3.05, 3.63) is 17.7 Å². The first kappa shape index (κ1) is 9.36. The maximum Gasteiger partial charge on any atom is 0.0949 e. The number of nitrogens with zero attached hydrogens (tertiary/aromatic N) is 2. The van der Waals surface area contributed by atoms with Crippen molar-refractivity contribution in [2.75, 3.05) is 13.1 Å². The molecule has 1 fully saturated rings. The molecule has 1 aromatic rings. The van der Waals surface area contributed by atoms with Gasteiger partial charge < -0.3 is 15.2 Å². The van der Waals surface area contributed by atoms with E-state index in [9.17, 15) is 0 Å². The van der Waals surface area contributed by atoms with Crippen LogP contribution in [0.4, 0.5) is 0 Å². The molecule has 2 atom stereocenters. The van der Waals surface area contributed by atoms with Gasteiger partial charge in [0.2, 0.25) is 0 Å². The van der Waals surface area contributed by atoms with Gasteiger partial charge in [0.25, 0.3) is 0 Å². The van der Waals surface area contributed by atoms with E-state index >= 15 is 0 Å². The molecule has 0 amide bonds. The van der Waals surface area contributed by atoms with Crippen molar-refractivity contribution >= 4 is 0 Å². The fraction of sp³-hybridized carbons (Fsp3) is 0.727. The standard InChI is InChI=1S/C11H18N4/c1-15-7-14-9-4-6-13-10(11(9)15)8-3-2-5-12-8/h7-8,10,12-13H,2-6H2,1H3. The van der Waals surface area contributed by atoms with Crippen LogP contribution in [0.5, 0.6) is 0 Å². The highest BCUT2D eigenvalue weighted by Crippen LogP contribution is 2.27. The molecule has 3 heterocycles. The molecule has 0 spiro atoms. The fourth-order valence-electron chi connectivity index (χ4n) is 2.85. The van der Waals surface area contributed by atoms with E-state index in [4.69, 9.17) is 0 Å². The molecule has 82 valence electrons. The predicted octanol–water partition coefficient (Wildman–Crippen LogP) is 0.359. The molecule has 2 aliphatic rings. The summed E-state index contributed by atoms with van der Waals surface area (Å²) in [6.45, 7) is 2.23. The lowest BCUT2D eigenvalue weighted by Crippen LogP contribution is -2.42. The minimum Gasteiger partial charge on any atom is -0.336 e. The van der Waals surface area contributed by atoms with Crippen molar-refractivity contribution in [1.29, 1.82) is 0 Å². The minimum atomic E-state index is 0.462.